The molecule has 0 saturated heterocycles. The Hall–Kier alpha value is -2.29. The van der Waals surface area contributed by atoms with Crippen molar-refractivity contribution in [2.45, 2.75) is 39.4 Å². The first kappa shape index (κ1) is 26.0. The minimum Gasteiger partial charge on any atom is -0.352 e. The highest BCUT2D eigenvalue weighted by molar-refractivity contribution is 7.92. The van der Waals surface area contributed by atoms with Gasteiger partial charge in [0.1, 0.15) is 12.6 Å². The molecule has 0 aliphatic heterocycles. The maximum atomic E-state index is 13.3. The van der Waals surface area contributed by atoms with Crippen molar-refractivity contribution in [1.29, 1.82) is 0 Å². The van der Waals surface area contributed by atoms with E-state index in [0.717, 1.165) is 16.1 Å². The number of amides is 2. The van der Waals surface area contributed by atoms with Gasteiger partial charge in [0.2, 0.25) is 21.8 Å². The molecule has 0 spiro atoms. The van der Waals surface area contributed by atoms with Crippen LogP contribution in [0.5, 0.6) is 0 Å². The van der Waals surface area contributed by atoms with Gasteiger partial charge in [0.05, 0.1) is 11.9 Å². The van der Waals surface area contributed by atoms with Crippen LogP contribution in [0.25, 0.3) is 0 Å². The molecule has 2 rings (SSSR count). The molecule has 0 radical (unpaired) electrons. The van der Waals surface area contributed by atoms with Gasteiger partial charge in [0, 0.05) is 22.6 Å². The van der Waals surface area contributed by atoms with Crippen molar-refractivity contribution in [2.75, 3.05) is 17.1 Å². The van der Waals surface area contributed by atoms with E-state index in [1.807, 2.05) is 13.8 Å². The number of nitrogens with zero attached hydrogens (tertiary/aromatic N) is 2. The fraction of sp³-hybridized carbons (Fsp3) is 0.364. The van der Waals surface area contributed by atoms with Gasteiger partial charge in [-0.3, -0.25) is 13.9 Å². The highest BCUT2D eigenvalue weighted by Crippen LogP contribution is 2.21. The van der Waals surface area contributed by atoms with Gasteiger partial charge in [0.25, 0.3) is 0 Å². The van der Waals surface area contributed by atoms with E-state index in [9.17, 15) is 18.0 Å². The lowest BCUT2D eigenvalue weighted by atomic mass is 10.1. The minimum atomic E-state index is -3.78. The summed E-state index contributed by atoms with van der Waals surface area (Å²) in [6, 6.07) is 12.1. The highest BCUT2D eigenvalue weighted by atomic mass is 35.5. The Kier molecular flexibility index (Phi) is 8.95. The van der Waals surface area contributed by atoms with Gasteiger partial charge in [-0.25, -0.2) is 8.42 Å². The molecule has 10 heteroatoms. The maximum absolute atomic E-state index is 13.3. The van der Waals surface area contributed by atoms with Crippen molar-refractivity contribution in [1.82, 2.24) is 10.2 Å². The molecule has 0 unspecified atom stereocenters. The van der Waals surface area contributed by atoms with Crippen molar-refractivity contribution in [3.05, 3.63) is 64.1 Å². The second-order valence-electron chi connectivity index (χ2n) is 7.73. The molecule has 0 aromatic heterocycles. The van der Waals surface area contributed by atoms with Crippen LogP contribution in [0, 0.1) is 0 Å². The monoisotopic (exact) mass is 499 g/mol. The first-order chi connectivity index (χ1) is 14.9. The number of hydrogen-bond donors (Lipinski definition) is 1. The molecular weight excluding hydrogens is 473 g/mol. The average molecular weight is 500 g/mol. The highest BCUT2D eigenvalue weighted by Gasteiger charge is 2.30. The summed E-state index contributed by atoms with van der Waals surface area (Å²) >= 11 is 11.9. The first-order valence-corrected chi connectivity index (χ1v) is 12.6. The molecule has 1 atom stereocenters. The predicted molar refractivity (Wildman–Crippen MR) is 128 cm³/mol. The second kappa shape index (κ2) is 11.0. The lowest BCUT2D eigenvalue weighted by Gasteiger charge is -2.32. The summed E-state index contributed by atoms with van der Waals surface area (Å²) in [6.45, 7) is 4.90. The SMILES string of the molecule is CC(C)NC(=O)[C@H](C)N(Cc1ccc(Cl)cc1)C(=O)CN(c1ccc(Cl)cc1)S(C)(=O)=O. The van der Waals surface area contributed by atoms with Gasteiger partial charge in [-0.05, 0) is 62.7 Å². The summed E-state index contributed by atoms with van der Waals surface area (Å²) in [5.41, 5.74) is 1.06. The number of rotatable bonds is 9. The summed E-state index contributed by atoms with van der Waals surface area (Å²) in [4.78, 5) is 27.3. The number of carbonyl (C=O) groups is 2. The molecule has 0 bridgehead atoms. The summed E-state index contributed by atoms with van der Waals surface area (Å²) in [6.07, 6.45) is 1.02. The Morgan fingerprint density at radius 2 is 1.44 bits per heavy atom. The zero-order valence-corrected chi connectivity index (χ0v) is 20.7. The number of nitrogens with one attached hydrogen (secondary N) is 1. The van der Waals surface area contributed by atoms with Gasteiger partial charge >= 0.3 is 0 Å². The quantitative estimate of drug-likeness (QED) is 0.569. The van der Waals surface area contributed by atoms with Crippen LogP contribution in [0.4, 0.5) is 5.69 Å². The van der Waals surface area contributed by atoms with Crippen LogP contribution < -0.4 is 9.62 Å². The topological polar surface area (TPSA) is 86.8 Å². The third kappa shape index (κ3) is 7.39. The van der Waals surface area contributed by atoms with Gasteiger partial charge in [-0.2, -0.15) is 0 Å². The number of carbonyl (C=O) groups excluding carboxylic acids is 2. The van der Waals surface area contributed by atoms with Gasteiger partial charge in [-0.1, -0.05) is 35.3 Å². The Labute approximate surface area is 199 Å². The standard InChI is InChI=1S/C22H27Cl2N3O4S/c1-15(2)25-22(29)16(3)26(13-17-5-7-18(23)8-6-17)21(28)14-27(32(4,30)31)20-11-9-19(24)10-12-20/h5-12,15-16H,13-14H2,1-4H3,(H,25,29)/t16-/m0/s1. The number of sulfonamides is 1. The molecule has 0 heterocycles. The zero-order valence-electron chi connectivity index (χ0n) is 18.4. The fourth-order valence-corrected chi connectivity index (χ4v) is 4.10. The van der Waals surface area contributed by atoms with E-state index in [2.05, 4.69) is 5.32 Å². The Morgan fingerprint density at radius 3 is 1.91 bits per heavy atom. The van der Waals surface area contributed by atoms with E-state index in [1.165, 1.54) is 17.0 Å². The van der Waals surface area contributed by atoms with E-state index in [4.69, 9.17) is 23.2 Å². The number of anilines is 1. The lowest BCUT2D eigenvalue weighted by Crippen LogP contribution is -2.52. The Bertz CT molecular complexity index is 1040. The van der Waals surface area contributed by atoms with Crippen LogP contribution >= 0.6 is 23.2 Å². The largest absolute Gasteiger partial charge is 0.352 e. The molecule has 0 aliphatic rings. The summed E-state index contributed by atoms with van der Waals surface area (Å²) in [5, 5.41) is 3.78. The number of benzene rings is 2. The number of hydrogen-bond acceptors (Lipinski definition) is 4. The molecule has 2 aromatic carbocycles. The molecule has 0 fully saturated rings. The van der Waals surface area contributed by atoms with Crippen molar-refractivity contribution >= 4 is 50.7 Å². The molecule has 2 aromatic rings. The van der Waals surface area contributed by atoms with Crippen LogP contribution in [0.3, 0.4) is 0 Å². The molecule has 7 nitrogen and oxygen atoms in total. The van der Waals surface area contributed by atoms with Crippen molar-refractivity contribution in [3.63, 3.8) is 0 Å². The molecule has 0 saturated carbocycles. The molecule has 32 heavy (non-hydrogen) atoms. The summed E-state index contributed by atoms with van der Waals surface area (Å²) in [5.74, 6) is -0.855. The van der Waals surface area contributed by atoms with Crippen LogP contribution in [-0.4, -0.2) is 50.0 Å². The lowest BCUT2D eigenvalue weighted by molar-refractivity contribution is -0.139. The van der Waals surface area contributed by atoms with Crippen LogP contribution in [0.2, 0.25) is 10.0 Å². The van der Waals surface area contributed by atoms with Crippen molar-refractivity contribution in [2.24, 2.45) is 0 Å². The van der Waals surface area contributed by atoms with Crippen LogP contribution in [0.1, 0.15) is 26.3 Å². The van der Waals surface area contributed by atoms with Gasteiger partial charge < -0.3 is 10.2 Å². The third-order valence-corrected chi connectivity index (χ3v) is 6.30. The van der Waals surface area contributed by atoms with E-state index < -0.39 is 28.5 Å². The molecular formula is C22H27Cl2N3O4S. The molecule has 1 N–H and O–H groups in total. The molecule has 2 amide bonds. The maximum Gasteiger partial charge on any atom is 0.244 e. The van der Waals surface area contributed by atoms with Crippen LogP contribution in [0.15, 0.2) is 48.5 Å². The molecule has 0 aliphatic carbocycles. The number of halogens is 2. The normalized spacial score (nSPS) is 12.3. The van der Waals surface area contributed by atoms with Gasteiger partial charge in [-0.15, -0.1) is 0 Å². The summed E-state index contributed by atoms with van der Waals surface area (Å²) in [7, 11) is -3.78. The van der Waals surface area contributed by atoms with E-state index in [0.29, 0.717) is 15.7 Å². The van der Waals surface area contributed by atoms with Crippen molar-refractivity contribution < 1.29 is 18.0 Å². The van der Waals surface area contributed by atoms with E-state index >= 15 is 0 Å². The second-order valence-corrected chi connectivity index (χ2v) is 10.5. The smallest absolute Gasteiger partial charge is 0.244 e. The molecule has 174 valence electrons. The minimum absolute atomic E-state index is 0.112. The third-order valence-electron chi connectivity index (χ3n) is 4.66. The average Bonchev–Trinajstić information content (AvgIpc) is 2.70. The van der Waals surface area contributed by atoms with Crippen molar-refractivity contribution in [3.8, 4) is 0 Å². The van der Waals surface area contributed by atoms with Gasteiger partial charge in [0.15, 0.2) is 0 Å². The zero-order chi connectivity index (χ0) is 24.1. The Morgan fingerprint density at radius 1 is 0.938 bits per heavy atom. The summed E-state index contributed by atoms with van der Waals surface area (Å²) < 4.78 is 25.9. The predicted octanol–water partition coefficient (Wildman–Crippen LogP) is 3.70. The fourth-order valence-electron chi connectivity index (χ4n) is 3.00. The van der Waals surface area contributed by atoms with E-state index in [-0.39, 0.29) is 18.5 Å². The first-order valence-electron chi connectivity index (χ1n) is 9.96. The van der Waals surface area contributed by atoms with Crippen LogP contribution in [-0.2, 0) is 26.2 Å². The van der Waals surface area contributed by atoms with E-state index in [1.54, 1.807) is 43.3 Å². The Balaban J connectivity index is 2.36.